The van der Waals surface area contributed by atoms with Crippen LogP contribution < -0.4 is 10.2 Å². The summed E-state index contributed by atoms with van der Waals surface area (Å²) in [5.41, 5.74) is 7.02. The second-order valence-corrected chi connectivity index (χ2v) is 6.11. The number of aromatic nitrogens is 2. The lowest BCUT2D eigenvalue weighted by atomic mass is 10.0. The molecule has 0 aliphatic heterocycles. The minimum Gasteiger partial charge on any atom is -0.493 e. The Morgan fingerprint density at radius 2 is 2.04 bits per heavy atom. The molecule has 0 radical (unpaired) electrons. The van der Waals surface area contributed by atoms with Gasteiger partial charge in [0.1, 0.15) is 5.75 Å². The van der Waals surface area contributed by atoms with Gasteiger partial charge in [-0.05, 0) is 48.4 Å². The maximum atomic E-state index is 5.77. The highest BCUT2D eigenvalue weighted by Crippen LogP contribution is 2.26. The van der Waals surface area contributed by atoms with Crippen LogP contribution >= 0.6 is 0 Å². The molecule has 3 aromatic carbocycles. The minimum atomic E-state index is 0.607. The van der Waals surface area contributed by atoms with E-state index in [0.717, 1.165) is 33.1 Å². The smallest absolute Gasteiger partial charge is 0.222 e. The van der Waals surface area contributed by atoms with Crippen molar-refractivity contribution in [2.24, 2.45) is 5.10 Å². The van der Waals surface area contributed by atoms with Gasteiger partial charge in [0, 0.05) is 5.56 Å². The lowest BCUT2D eigenvalue weighted by molar-refractivity contribution is 0.340. The van der Waals surface area contributed by atoms with Gasteiger partial charge in [-0.25, -0.2) is 10.4 Å². The van der Waals surface area contributed by atoms with Crippen LogP contribution in [0.5, 0.6) is 5.75 Å². The largest absolute Gasteiger partial charge is 0.493 e. The van der Waals surface area contributed by atoms with Crippen LogP contribution in [0.3, 0.4) is 0 Å². The Morgan fingerprint density at radius 1 is 1.15 bits per heavy atom. The third-order valence-corrected chi connectivity index (χ3v) is 4.23. The normalized spacial score (nSPS) is 11.5. The molecule has 2 N–H and O–H groups in total. The molecule has 0 aliphatic rings. The number of hydrogen-bond acceptors (Lipinski definition) is 4. The van der Waals surface area contributed by atoms with Gasteiger partial charge in [0.2, 0.25) is 5.95 Å². The number of anilines is 1. The molecule has 0 saturated heterocycles. The molecule has 0 fully saturated rings. The fourth-order valence-electron chi connectivity index (χ4n) is 3.02. The fourth-order valence-corrected chi connectivity index (χ4v) is 3.02. The van der Waals surface area contributed by atoms with Gasteiger partial charge in [0.05, 0.1) is 23.9 Å². The van der Waals surface area contributed by atoms with Crippen molar-refractivity contribution >= 4 is 34.0 Å². The first-order valence-electron chi connectivity index (χ1n) is 8.64. The summed E-state index contributed by atoms with van der Waals surface area (Å²) in [6.45, 7) is 4.64. The number of benzene rings is 3. The van der Waals surface area contributed by atoms with Crippen molar-refractivity contribution in [3.63, 3.8) is 0 Å². The van der Waals surface area contributed by atoms with Crippen molar-refractivity contribution < 1.29 is 4.74 Å². The molecule has 0 saturated carbocycles. The number of hydrazone groups is 1. The summed E-state index contributed by atoms with van der Waals surface area (Å²) in [6, 6.07) is 18.3. The van der Waals surface area contributed by atoms with E-state index in [1.807, 2.05) is 37.3 Å². The predicted molar refractivity (Wildman–Crippen MR) is 107 cm³/mol. The maximum Gasteiger partial charge on any atom is 0.222 e. The number of imidazole rings is 1. The number of fused-ring (bicyclic) bond motifs is 2. The Morgan fingerprint density at radius 3 is 2.92 bits per heavy atom. The van der Waals surface area contributed by atoms with Crippen molar-refractivity contribution in [2.75, 3.05) is 12.0 Å². The van der Waals surface area contributed by atoms with E-state index < -0.39 is 0 Å². The maximum absolute atomic E-state index is 5.77. The number of aryl methyl sites for hydroxylation is 1. The topological polar surface area (TPSA) is 62.3 Å². The van der Waals surface area contributed by atoms with Crippen LogP contribution in [0.1, 0.15) is 18.1 Å². The summed E-state index contributed by atoms with van der Waals surface area (Å²) in [4.78, 5) is 7.73. The molecule has 5 nitrogen and oxygen atoms in total. The first-order chi connectivity index (χ1) is 12.7. The summed E-state index contributed by atoms with van der Waals surface area (Å²) in [7, 11) is 0. The summed E-state index contributed by atoms with van der Waals surface area (Å²) >= 11 is 0. The van der Waals surface area contributed by atoms with Gasteiger partial charge in [-0.1, -0.05) is 36.4 Å². The standard InChI is InChI=1S/C21H20N4O/c1-3-26-20-11-9-15-6-4-5-7-16(15)17(20)13-22-25-21-23-18-10-8-14(2)12-19(18)24-21/h4-13H,3H2,1-2H3,(H2,23,24,25)/b22-13-. The van der Waals surface area contributed by atoms with Crippen molar-refractivity contribution in [3.8, 4) is 5.75 Å². The molecule has 26 heavy (non-hydrogen) atoms. The Hall–Kier alpha value is -3.34. The van der Waals surface area contributed by atoms with Crippen molar-refractivity contribution in [1.82, 2.24) is 9.97 Å². The second kappa shape index (κ2) is 6.88. The molecule has 1 heterocycles. The molecular formula is C21H20N4O. The van der Waals surface area contributed by atoms with Crippen LogP contribution in [0.25, 0.3) is 21.8 Å². The summed E-state index contributed by atoms with van der Waals surface area (Å²) in [6.07, 6.45) is 1.78. The first-order valence-corrected chi connectivity index (χ1v) is 8.64. The average Bonchev–Trinajstić information content (AvgIpc) is 3.05. The Bertz CT molecular complexity index is 1100. The van der Waals surface area contributed by atoms with E-state index in [4.69, 9.17) is 4.74 Å². The number of ether oxygens (including phenoxy) is 1. The van der Waals surface area contributed by atoms with Gasteiger partial charge >= 0.3 is 0 Å². The third-order valence-electron chi connectivity index (χ3n) is 4.23. The van der Waals surface area contributed by atoms with Gasteiger partial charge in [0.15, 0.2) is 0 Å². The monoisotopic (exact) mass is 344 g/mol. The molecule has 0 unspecified atom stereocenters. The molecule has 4 rings (SSSR count). The fraction of sp³-hybridized carbons (Fsp3) is 0.143. The highest BCUT2D eigenvalue weighted by atomic mass is 16.5. The second-order valence-electron chi connectivity index (χ2n) is 6.11. The summed E-state index contributed by atoms with van der Waals surface area (Å²) < 4.78 is 5.77. The molecule has 0 amide bonds. The Kier molecular flexibility index (Phi) is 4.27. The zero-order valence-corrected chi connectivity index (χ0v) is 14.8. The highest BCUT2D eigenvalue weighted by molar-refractivity contribution is 6.02. The van der Waals surface area contributed by atoms with Gasteiger partial charge in [-0.3, -0.25) is 0 Å². The Labute approximate surface area is 151 Å². The van der Waals surface area contributed by atoms with E-state index in [-0.39, 0.29) is 0 Å². The number of nitrogens with zero attached hydrogens (tertiary/aromatic N) is 2. The quantitative estimate of drug-likeness (QED) is 0.401. The van der Waals surface area contributed by atoms with E-state index in [2.05, 4.69) is 51.7 Å². The van der Waals surface area contributed by atoms with E-state index in [0.29, 0.717) is 12.6 Å². The van der Waals surface area contributed by atoms with Gasteiger partial charge in [-0.15, -0.1) is 0 Å². The number of rotatable bonds is 5. The summed E-state index contributed by atoms with van der Waals surface area (Å²) in [5, 5.41) is 6.62. The lowest BCUT2D eigenvalue weighted by Crippen LogP contribution is -1.99. The minimum absolute atomic E-state index is 0.607. The number of nitrogens with one attached hydrogen (secondary N) is 2. The summed E-state index contributed by atoms with van der Waals surface area (Å²) in [5.74, 6) is 1.43. The van der Waals surface area contributed by atoms with Crippen LogP contribution in [-0.2, 0) is 0 Å². The first kappa shape index (κ1) is 16.1. The van der Waals surface area contributed by atoms with Crippen LogP contribution in [0.2, 0.25) is 0 Å². The molecule has 1 aromatic heterocycles. The molecule has 0 spiro atoms. The predicted octanol–water partition coefficient (Wildman–Crippen LogP) is 4.87. The number of hydrogen-bond donors (Lipinski definition) is 2. The number of H-pyrrole nitrogens is 1. The highest BCUT2D eigenvalue weighted by Gasteiger charge is 2.07. The van der Waals surface area contributed by atoms with E-state index in [1.54, 1.807) is 6.21 Å². The van der Waals surface area contributed by atoms with Gasteiger partial charge in [0.25, 0.3) is 0 Å². The molecule has 0 aliphatic carbocycles. The lowest BCUT2D eigenvalue weighted by Gasteiger charge is -2.10. The molecule has 130 valence electrons. The van der Waals surface area contributed by atoms with Crippen LogP contribution in [-0.4, -0.2) is 22.8 Å². The zero-order chi connectivity index (χ0) is 17.9. The van der Waals surface area contributed by atoms with Crippen molar-refractivity contribution in [3.05, 3.63) is 65.7 Å². The zero-order valence-electron chi connectivity index (χ0n) is 14.8. The molecule has 4 aromatic rings. The van der Waals surface area contributed by atoms with Crippen LogP contribution in [0.15, 0.2) is 59.7 Å². The molecular weight excluding hydrogens is 324 g/mol. The molecule has 0 atom stereocenters. The van der Waals surface area contributed by atoms with Gasteiger partial charge in [-0.2, -0.15) is 5.10 Å². The van der Waals surface area contributed by atoms with E-state index in [9.17, 15) is 0 Å². The third kappa shape index (κ3) is 3.11. The Balaban J connectivity index is 1.65. The molecule has 5 heteroatoms. The number of aromatic amines is 1. The van der Waals surface area contributed by atoms with Gasteiger partial charge < -0.3 is 9.72 Å². The van der Waals surface area contributed by atoms with Crippen LogP contribution in [0, 0.1) is 6.92 Å². The molecule has 0 bridgehead atoms. The van der Waals surface area contributed by atoms with E-state index >= 15 is 0 Å². The van der Waals surface area contributed by atoms with Crippen LogP contribution in [0.4, 0.5) is 5.95 Å². The SMILES string of the molecule is CCOc1ccc2ccccc2c1/C=N\Nc1nc2ccc(C)cc2[nH]1. The van der Waals surface area contributed by atoms with E-state index in [1.165, 1.54) is 5.56 Å². The average molecular weight is 344 g/mol. The van der Waals surface area contributed by atoms with Crippen molar-refractivity contribution in [1.29, 1.82) is 0 Å². The van der Waals surface area contributed by atoms with Crippen molar-refractivity contribution in [2.45, 2.75) is 13.8 Å².